The molecule has 1 aromatic carbocycles. The molecular weight excluding hydrogens is 255 g/mol. The fourth-order valence-corrected chi connectivity index (χ4v) is 2.09. The first-order valence-corrected chi connectivity index (χ1v) is 5.56. The first-order chi connectivity index (χ1) is 7.45. The van der Waals surface area contributed by atoms with E-state index in [1.54, 1.807) is 0 Å². The minimum absolute atomic E-state index is 0.0736. The first-order valence-electron chi connectivity index (χ1n) is 4.30. The van der Waals surface area contributed by atoms with Crippen LogP contribution in [0, 0.1) is 5.82 Å². The maximum atomic E-state index is 13.2. The molecule has 0 heterocycles. The molecule has 0 aliphatic rings. The van der Waals surface area contributed by atoms with Crippen LogP contribution < -0.4 is 11.3 Å². The molecule has 16 heavy (non-hydrogen) atoms. The maximum absolute atomic E-state index is 13.2. The van der Waals surface area contributed by atoms with Crippen molar-refractivity contribution in [1.29, 1.82) is 0 Å². The quantitative estimate of drug-likeness (QED) is 0.442. The van der Waals surface area contributed by atoms with E-state index in [2.05, 4.69) is 5.43 Å². The van der Waals surface area contributed by atoms with Crippen molar-refractivity contribution in [2.75, 3.05) is 5.43 Å². The molecule has 0 aliphatic heterocycles. The van der Waals surface area contributed by atoms with Crippen molar-refractivity contribution in [2.24, 2.45) is 5.84 Å². The van der Waals surface area contributed by atoms with E-state index in [1.807, 2.05) is 0 Å². The van der Waals surface area contributed by atoms with E-state index in [0.29, 0.717) is 4.90 Å². The molecule has 0 bridgehead atoms. The third kappa shape index (κ3) is 3.01. The Morgan fingerprint density at radius 1 is 1.69 bits per heavy atom. The predicted molar refractivity (Wildman–Crippen MR) is 62.2 cm³/mol. The Balaban J connectivity index is 3.00. The highest BCUT2D eigenvalue weighted by molar-refractivity contribution is 8.00. The van der Waals surface area contributed by atoms with Gasteiger partial charge in [-0.1, -0.05) is 11.6 Å². The molecule has 0 saturated heterocycles. The molecule has 0 radical (unpaired) electrons. The van der Waals surface area contributed by atoms with Gasteiger partial charge in [0, 0.05) is 4.90 Å². The van der Waals surface area contributed by atoms with Gasteiger partial charge >= 0.3 is 5.97 Å². The second-order valence-electron chi connectivity index (χ2n) is 3.01. The van der Waals surface area contributed by atoms with Gasteiger partial charge in [0.25, 0.3) is 0 Å². The summed E-state index contributed by atoms with van der Waals surface area (Å²) in [5, 5.41) is 8.23. The van der Waals surface area contributed by atoms with E-state index in [-0.39, 0.29) is 10.7 Å². The van der Waals surface area contributed by atoms with Gasteiger partial charge in [-0.05, 0) is 19.1 Å². The molecule has 0 saturated carbocycles. The van der Waals surface area contributed by atoms with Gasteiger partial charge in [-0.2, -0.15) is 0 Å². The highest BCUT2D eigenvalue weighted by atomic mass is 35.5. The lowest BCUT2D eigenvalue weighted by atomic mass is 10.3. The number of nitrogens with two attached hydrogens (primary N) is 1. The number of halogens is 2. The lowest BCUT2D eigenvalue weighted by Crippen LogP contribution is -2.12. The largest absolute Gasteiger partial charge is 0.480 e. The van der Waals surface area contributed by atoms with Gasteiger partial charge in [0.2, 0.25) is 0 Å². The van der Waals surface area contributed by atoms with Gasteiger partial charge in [-0.25, -0.2) is 4.39 Å². The Bertz CT molecular complexity index is 417. The second kappa shape index (κ2) is 5.38. The minimum atomic E-state index is -0.965. The molecule has 1 rings (SSSR count). The van der Waals surface area contributed by atoms with Gasteiger partial charge in [0.15, 0.2) is 0 Å². The molecule has 1 unspecified atom stereocenters. The summed E-state index contributed by atoms with van der Waals surface area (Å²) in [6, 6.07) is 2.47. The first kappa shape index (κ1) is 13.1. The van der Waals surface area contributed by atoms with Gasteiger partial charge in [-0.3, -0.25) is 10.6 Å². The fourth-order valence-electron chi connectivity index (χ4n) is 0.971. The Morgan fingerprint density at radius 2 is 2.31 bits per heavy atom. The van der Waals surface area contributed by atoms with Crippen LogP contribution in [0.3, 0.4) is 0 Å². The van der Waals surface area contributed by atoms with Gasteiger partial charge < -0.3 is 10.5 Å². The maximum Gasteiger partial charge on any atom is 0.316 e. The Morgan fingerprint density at radius 3 is 2.81 bits per heavy atom. The predicted octanol–water partition coefficient (Wildman–Crippen LogP) is 2.33. The van der Waals surface area contributed by atoms with Crippen molar-refractivity contribution in [3.8, 4) is 0 Å². The topological polar surface area (TPSA) is 75.3 Å². The number of nitrogens with one attached hydrogen (secondary N) is 1. The average Bonchev–Trinajstić information content (AvgIpc) is 2.21. The van der Waals surface area contributed by atoms with E-state index in [9.17, 15) is 9.18 Å². The van der Waals surface area contributed by atoms with Crippen LogP contribution in [0.4, 0.5) is 10.1 Å². The van der Waals surface area contributed by atoms with Crippen molar-refractivity contribution >= 4 is 35.0 Å². The zero-order chi connectivity index (χ0) is 12.3. The van der Waals surface area contributed by atoms with E-state index in [1.165, 1.54) is 13.0 Å². The number of hydrogen-bond acceptors (Lipinski definition) is 4. The van der Waals surface area contributed by atoms with Crippen LogP contribution in [0.2, 0.25) is 5.02 Å². The number of thioether (sulfide) groups is 1. The molecule has 1 atom stereocenters. The lowest BCUT2D eigenvalue weighted by molar-refractivity contribution is -0.136. The standard InChI is InChI=1S/C9H10ClFN2O2S/c1-4(9(14)15)16-8-3-7(13-12)6(11)2-5(8)10/h2-4,13H,12H2,1H3,(H,14,15). The van der Waals surface area contributed by atoms with Crippen molar-refractivity contribution in [3.05, 3.63) is 23.0 Å². The summed E-state index contributed by atoms with van der Waals surface area (Å²) in [6.45, 7) is 1.52. The molecule has 0 aromatic heterocycles. The van der Waals surface area contributed by atoms with Crippen LogP contribution >= 0.6 is 23.4 Å². The average molecular weight is 265 g/mol. The second-order valence-corrected chi connectivity index (χ2v) is 4.79. The molecular formula is C9H10ClFN2O2S. The summed E-state index contributed by atoms with van der Waals surface area (Å²) >= 11 is 6.81. The number of anilines is 1. The van der Waals surface area contributed by atoms with Crippen molar-refractivity contribution in [3.63, 3.8) is 0 Å². The normalized spacial score (nSPS) is 12.2. The van der Waals surface area contributed by atoms with Crippen LogP contribution in [0.25, 0.3) is 0 Å². The summed E-state index contributed by atoms with van der Waals surface area (Å²) in [7, 11) is 0. The number of carboxylic acid groups (broad SMARTS) is 1. The van der Waals surface area contributed by atoms with E-state index in [4.69, 9.17) is 22.6 Å². The Labute approximate surface area is 101 Å². The van der Waals surface area contributed by atoms with Crippen LogP contribution in [0.5, 0.6) is 0 Å². The summed E-state index contributed by atoms with van der Waals surface area (Å²) in [5.41, 5.74) is 2.24. The smallest absolute Gasteiger partial charge is 0.316 e. The van der Waals surface area contributed by atoms with Crippen molar-refractivity contribution < 1.29 is 14.3 Å². The number of hydrazine groups is 1. The van der Waals surface area contributed by atoms with Gasteiger partial charge in [0.05, 0.1) is 10.7 Å². The van der Waals surface area contributed by atoms with Crippen LogP contribution in [-0.2, 0) is 4.79 Å². The minimum Gasteiger partial charge on any atom is -0.480 e. The number of nitrogen functional groups attached to an aromatic ring is 1. The number of hydrogen-bond donors (Lipinski definition) is 3. The zero-order valence-corrected chi connectivity index (χ0v) is 9.90. The third-order valence-electron chi connectivity index (χ3n) is 1.83. The number of aliphatic carboxylic acids is 1. The molecule has 0 amide bonds. The molecule has 88 valence electrons. The summed E-state index contributed by atoms with van der Waals surface area (Å²) < 4.78 is 13.2. The number of carbonyl (C=O) groups is 1. The molecule has 4 nitrogen and oxygen atoms in total. The zero-order valence-electron chi connectivity index (χ0n) is 8.33. The number of benzene rings is 1. The van der Waals surface area contributed by atoms with Crippen molar-refractivity contribution in [1.82, 2.24) is 0 Å². The molecule has 7 heteroatoms. The summed E-state index contributed by atoms with van der Waals surface area (Å²) in [5.74, 6) is 3.55. The summed E-state index contributed by atoms with van der Waals surface area (Å²) in [4.78, 5) is 11.1. The van der Waals surface area contributed by atoms with E-state index in [0.717, 1.165) is 17.8 Å². The van der Waals surface area contributed by atoms with Crippen molar-refractivity contribution in [2.45, 2.75) is 17.1 Å². The number of carboxylic acids is 1. The molecule has 1 aromatic rings. The SMILES string of the molecule is CC(Sc1cc(NN)c(F)cc1Cl)C(=O)O. The lowest BCUT2D eigenvalue weighted by Gasteiger charge is -2.10. The monoisotopic (exact) mass is 264 g/mol. The number of rotatable bonds is 4. The molecule has 0 spiro atoms. The Hall–Kier alpha value is -0.980. The van der Waals surface area contributed by atoms with Crippen LogP contribution in [0.15, 0.2) is 17.0 Å². The van der Waals surface area contributed by atoms with Gasteiger partial charge in [-0.15, -0.1) is 11.8 Å². The van der Waals surface area contributed by atoms with E-state index < -0.39 is 17.0 Å². The van der Waals surface area contributed by atoms with Crippen LogP contribution in [0.1, 0.15) is 6.92 Å². The molecule has 0 aliphatic carbocycles. The summed E-state index contributed by atoms with van der Waals surface area (Å²) in [6.07, 6.45) is 0. The Kier molecular flexibility index (Phi) is 4.40. The highest BCUT2D eigenvalue weighted by Gasteiger charge is 2.16. The van der Waals surface area contributed by atoms with Gasteiger partial charge in [0.1, 0.15) is 11.1 Å². The fraction of sp³-hybridized carbons (Fsp3) is 0.222. The molecule has 0 fully saturated rings. The third-order valence-corrected chi connectivity index (χ3v) is 3.40. The highest BCUT2D eigenvalue weighted by Crippen LogP contribution is 2.34. The van der Waals surface area contributed by atoms with E-state index >= 15 is 0 Å². The molecule has 4 N–H and O–H groups in total. The van der Waals surface area contributed by atoms with Crippen LogP contribution in [-0.4, -0.2) is 16.3 Å².